The molecule has 0 bridgehead atoms. The standard InChI is InChI=1S/C64H59BN6O.Pt/c1-43(2)41-65-70(61-34-44(3)32-33-66-61)59-39-52(30-31-55(59)60-40-56(67-71(60)65)46-22-14-11-15-23-46)72-51-25-18-24-50(38-51)68-42-69(58-29-17-16-28-57(58)68)62-53(45-20-12-10-13-21-45)26-19-27-54(62)47-35-48(63(4,5)6)37-49(36-47)64(7,8)9;/h10-37,40,43H,41H2,1-9H3;/q-2;/i10D,12D,13D,20D,21D;. The van der Waals surface area contributed by atoms with Gasteiger partial charge < -0.3 is 0 Å². The normalized spacial score (nSPS) is 13.6. The number of rotatable bonds is 10. The van der Waals surface area contributed by atoms with E-state index in [1.54, 1.807) is 0 Å². The molecule has 73 heavy (non-hydrogen) atoms. The third-order valence-electron chi connectivity index (χ3n) is 13.6. The van der Waals surface area contributed by atoms with E-state index in [1.807, 2.05) is 79.0 Å². The van der Waals surface area contributed by atoms with Gasteiger partial charge in [-0.3, -0.25) is 0 Å². The van der Waals surface area contributed by atoms with Crippen LogP contribution in [0.4, 0.5) is 11.5 Å². The molecule has 0 saturated carbocycles. The third kappa shape index (κ3) is 9.16. The molecule has 3 aromatic heterocycles. The van der Waals surface area contributed by atoms with Crippen LogP contribution in [-0.2, 0) is 30.2 Å². The number of hydrogen-bond donors (Lipinski definition) is 0. The van der Waals surface area contributed by atoms with Gasteiger partial charge in [0.2, 0.25) is 0 Å². The SMILES string of the molecule is [2H]c1c([2H])c([2H])c(-c2cccc(-c3cc(C(C)(C)C)cc(C(C)(C)C)c3)c2-n2[c](=[Pt])n(-c3[c-]c(Oc4[c-]c5c(cc4)-c4cc(-c6ccccc6)nn4B(CC(C)C)N5c4cc(C)ccn4)ccc3)c3ccccc32)c([2H])c1[2H]. The van der Waals surface area contributed by atoms with Crippen LogP contribution in [0.2, 0.25) is 6.32 Å². The van der Waals surface area contributed by atoms with E-state index in [2.05, 4.69) is 179 Å². The van der Waals surface area contributed by atoms with Crippen molar-refractivity contribution in [3.8, 4) is 67.6 Å². The summed E-state index contributed by atoms with van der Waals surface area (Å²) in [5, 5.41) is 5.27. The van der Waals surface area contributed by atoms with Crippen LogP contribution in [-0.4, -0.2) is 30.8 Å². The molecule has 0 spiro atoms. The van der Waals surface area contributed by atoms with Crippen LogP contribution >= 0.6 is 0 Å². The first kappa shape index (κ1) is 42.3. The minimum absolute atomic E-state index is 0.123. The fourth-order valence-corrected chi connectivity index (χ4v) is 10.9. The summed E-state index contributed by atoms with van der Waals surface area (Å²) in [7, 11) is 0. The van der Waals surface area contributed by atoms with Crippen LogP contribution in [0.1, 0.15) is 78.9 Å². The van der Waals surface area contributed by atoms with E-state index in [4.69, 9.17) is 18.9 Å². The quantitative estimate of drug-likeness (QED) is 0.101. The second kappa shape index (κ2) is 19.0. The average Bonchev–Trinajstić information content (AvgIpc) is 4.19. The summed E-state index contributed by atoms with van der Waals surface area (Å²) in [6.45, 7) is 19.6. The summed E-state index contributed by atoms with van der Waals surface area (Å²) < 4.78 is 58.8. The van der Waals surface area contributed by atoms with Crippen molar-refractivity contribution in [2.75, 3.05) is 4.81 Å². The number of imidazole rings is 1. The topological polar surface area (TPSA) is 53.0 Å². The zero-order valence-electron chi connectivity index (χ0n) is 47.6. The van der Waals surface area contributed by atoms with Gasteiger partial charge in [0.1, 0.15) is 0 Å². The maximum absolute atomic E-state index is 9.31. The van der Waals surface area contributed by atoms with Gasteiger partial charge in [0.25, 0.3) is 0 Å². The van der Waals surface area contributed by atoms with E-state index >= 15 is 0 Å². The van der Waals surface area contributed by atoms with E-state index in [0.29, 0.717) is 34.4 Å². The molecular weight excluding hydrogens is 1070 g/mol. The first-order valence-electron chi connectivity index (χ1n) is 27.4. The second-order valence-electron chi connectivity index (χ2n) is 21.4. The summed E-state index contributed by atoms with van der Waals surface area (Å²) in [5.41, 5.74) is 13.2. The monoisotopic (exact) mass is 1140 g/mol. The predicted octanol–water partition coefficient (Wildman–Crippen LogP) is 16.2. The van der Waals surface area contributed by atoms with Crippen molar-refractivity contribution in [3.05, 3.63) is 209 Å². The van der Waals surface area contributed by atoms with Crippen molar-refractivity contribution in [2.45, 2.75) is 79.5 Å². The summed E-state index contributed by atoms with van der Waals surface area (Å²) in [4.78, 5) is 7.18. The van der Waals surface area contributed by atoms with Gasteiger partial charge in [-0.15, -0.1) is 0 Å². The number of para-hydroxylation sites is 3. The Morgan fingerprint density at radius 2 is 1.32 bits per heavy atom. The number of aromatic nitrogens is 5. The fraction of sp³-hybridized carbons (Fsp3) is 0.203. The fourth-order valence-electron chi connectivity index (χ4n) is 9.85. The van der Waals surface area contributed by atoms with Crippen molar-refractivity contribution >= 4 is 29.5 Å². The third-order valence-corrected chi connectivity index (χ3v) is 14.6. The van der Waals surface area contributed by atoms with Crippen molar-refractivity contribution in [3.63, 3.8) is 0 Å². The van der Waals surface area contributed by atoms with Crippen LogP contribution in [0, 0.1) is 28.8 Å². The number of fused-ring (bicyclic) bond motifs is 4. The Balaban J connectivity index is 1.08. The molecule has 4 heterocycles. The Morgan fingerprint density at radius 3 is 2.00 bits per heavy atom. The number of aryl methyl sites for hydroxylation is 1. The van der Waals surface area contributed by atoms with E-state index < -0.39 is 18.1 Å². The molecule has 0 fully saturated rings. The molecule has 1 aliphatic heterocycles. The van der Waals surface area contributed by atoms with Crippen LogP contribution in [0.5, 0.6) is 11.5 Å². The van der Waals surface area contributed by atoms with Crippen LogP contribution in [0.25, 0.3) is 67.2 Å². The van der Waals surface area contributed by atoms with Gasteiger partial charge >= 0.3 is 359 Å². The van der Waals surface area contributed by atoms with Gasteiger partial charge in [-0.25, -0.2) is 0 Å². The van der Waals surface area contributed by atoms with Gasteiger partial charge in [0.15, 0.2) is 0 Å². The number of ether oxygens (including phenoxy) is 1. The summed E-state index contributed by atoms with van der Waals surface area (Å²) in [5.74, 6) is 2.11. The van der Waals surface area contributed by atoms with E-state index in [9.17, 15) is 2.74 Å². The summed E-state index contributed by atoms with van der Waals surface area (Å²) in [6.07, 6.45) is 2.65. The van der Waals surface area contributed by atoms with Crippen LogP contribution < -0.4 is 9.55 Å². The van der Waals surface area contributed by atoms with Crippen molar-refractivity contribution in [2.24, 2.45) is 5.92 Å². The Labute approximate surface area is 448 Å². The average molecular weight is 1140 g/mol. The van der Waals surface area contributed by atoms with Crippen molar-refractivity contribution in [1.29, 1.82) is 0 Å². The maximum atomic E-state index is 9.31. The molecule has 0 saturated heterocycles. The zero-order chi connectivity index (χ0) is 55.1. The molecule has 10 aromatic rings. The molecule has 11 rings (SSSR count). The zero-order valence-corrected chi connectivity index (χ0v) is 44.9. The second-order valence-corrected chi connectivity index (χ2v) is 22.4. The molecule has 7 nitrogen and oxygen atoms in total. The number of benzene rings is 7. The van der Waals surface area contributed by atoms with Crippen molar-refractivity contribution < 1.29 is 30.9 Å². The molecule has 9 heteroatoms. The summed E-state index contributed by atoms with van der Waals surface area (Å²) >= 11 is 2.35. The van der Waals surface area contributed by atoms with Crippen molar-refractivity contribution in [1.82, 2.24) is 23.8 Å². The molecule has 0 amide bonds. The van der Waals surface area contributed by atoms with Gasteiger partial charge in [-0.05, 0) is 24.5 Å². The van der Waals surface area contributed by atoms with E-state index in [1.165, 1.54) is 0 Å². The first-order valence-corrected chi connectivity index (χ1v) is 26.0. The first-order chi connectivity index (χ1) is 37.2. The minimum atomic E-state index is -0.440. The molecule has 0 aliphatic carbocycles. The number of pyridine rings is 1. The molecule has 1 aliphatic rings. The molecule has 7 aromatic carbocycles. The number of nitrogens with zero attached hydrogens (tertiary/aromatic N) is 6. The molecule has 0 radical (unpaired) electrons. The summed E-state index contributed by atoms with van der Waals surface area (Å²) in [6, 6.07) is 52.7. The van der Waals surface area contributed by atoms with Crippen LogP contribution in [0.3, 0.4) is 0 Å². The van der Waals surface area contributed by atoms with Gasteiger partial charge in [0.05, 0.1) is 5.69 Å². The van der Waals surface area contributed by atoms with E-state index in [-0.39, 0.29) is 35.5 Å². The molecular formula is C64H59BN6OPt-2. The predicted molar refractivity (Wildman–Crippen MR) is 297 cm³/mol. The molecule has 0 N–H and O–H groups in total. The Kier molecular flexibility index (Phi) is 11.0. The Hall–Kier alpha value is -7.28. The van der Waals surface area contributed by atoms with Gasteiger partial charge in [0, 0.05) is 11.8 Å². The molecule has 0 unspecified atom stereocenters. The molecule has 0 atom stereocenters. The number of hydrogen-bond acceptors (Lipinski definition) is 4. The Bertz CT molecular complexity index is 4000. The molecule has 366 valence electrons. The van der Waals surface area contributed by atoms with Gasteiger partial charge in [-0.2, -0.15) is 5.10 Å². The van der Waals surface area contributed by atoms with Gasteiger partial charge in [-0.1, -0.05) is 44.2 Å². The number of anilines is 2. The van der Waals surface area contributed by atoms with Crippen LogP contribution in [0.15, 0.2) is 176 Å². The Morgan fingerprint density at radius 1 is 0.658 bits per heavy atom. The van der Waals surface area contributed by atoms with E-state index in [0.717, 1.165) is 83.0 Å².